The summed E-state index contributed by atoms with van der Waals surface area (Å²) in [5, 5.41) is 7.73. The normalized spacial score (nSPS) is 12.4. The van der Waals surface area contributed by atoms with Crippen molar-refractivity contribution >= 4 is 42.2 Å². The van der Waals surface area contributed by atoms with Crippen molar-refractivity contribution in [1.29, 1.82) is 0 Å². The van der Waals surface area contributed by atoms with Gasteiger partial charge < -0.3 is 0 Å². The molecule has 0 saturated carbocycles. The monoisotopic (exact) mass is 472 g/mol. The highest BCUT2D eigenvalue weighted by Crippen LogP contribution is 2.43. The van der Waals surface area contributed by atoms with Crippen molar-refractivity contribution < 1.29 is 0 Å². The van der Waals surface area contributed by atoms with Gasteiger partial charge in [0.1, 0.15) is 0 Å². The Morgan fingerprint density at radius 1 is 0.412 bits per heavy atom. The molecule has 0 nitrogen and oxygen atoms in total. The van der Waals surface area contributed by atoms with E-state index >= 15 is 0 Å². The van der Waals surface area contributed by atoms with Crippen molar-refractivity contribution in [3.05, 3.63) is 152 Å². The Kier molecular flexibility index (Phi) is 6.86. The summed E-state index contributed by atoms with van der Waals surface area (Å²) in [6, 6.07) is 56.2. The van der Waals surface area contributed by atoms with Crippen LogP contribution in [0.2, 0.25) is 0 Å². The topological polar surface area (TPSA) is 0 Å². The molecule has 0 aromatic heterocycles. The summed E-state index contributed by atoms with van der Waals surface area (Å²) in [5.74, 6) is 0. The van der Waals surface area contributed by atoms with Crippen molar-refractivity contribution in [2.24, 2.45) is 0 Å². The highest BCUT2D eigenvalue weighted by Gasteiger charge is 2.47. The molecule has 5 rings (SSSR count). The summed E-state index contributed by atoms with van der Waals surface area (Å²) >= 11 is 0. The summed E-state index contributed by atoms with van der Waals surface area (Å²) in [5.41, 5.74) is 0. The molecule has 1 atom stereocenters. The molecular formula is C32H29PSi. The Morgan fingerprint density at radius 3 is 0.971 bits per heavy atom. The van der Waals surface area contributed by atoms with Gasteiger partial charge in [0.2, 0.25) is 0 Å². The summed E-state index contributed by atoms with van der Waals surface area (Å²) in [4.78, 5) is 0. The van der Waals surface area contributed by atoms with E-state index in [0.717, 1.165) is 0 Å². The lowest BCUT2D eigenvalue weighted by atomic mass is 10.3. The third-order valence-corrected chi connectivity index (χ3v) is 16.2. The van der Waals surface area contributed by atoms with Crippen molar-refractivity contribution in [3.63, 3.8) is 0 Å². The fourth-order valence-electron chi connectivity index (χ4n) is 5.29. The first kappa shape index (κ1) is 22.5. The van der Waals surface area contributed by atoms with E-state index in [1.807, 2.05) is 0 Å². The minimum Gasteiger partial charge on any atom is -0.0624 e. The first-order chi connectivity index (χ1) is 16.8. The summed E-state index contributed by atoms with van der Waals surface area (Å²) in [6.45, 7) is 2.52. The molecule has 166 valence electrons. The standard InChI is InChI=1S/C32H29PSi/c1-27(33(28-17-7-2-8-18-28)29-19-9-3-10-20-29)34(30-21-11-4-12-22-30,31-23-13-5-14-24-31)32-25-15-6-16-26-32/h2-27H,1H3. The number of rotatable bonds is 7. The van der Waals surface area contributed by atoms with Gasteiger partial charge in [0.05, 0.1) is 0 Å². The smallest absolute Gasteiger partial charge is 0.0624 e. The van der Waals surface area contributed by atoms with E-state index < -0.39 is 16.0 Å². The average molecular weight is 473 g/mol. The van der Waals surface area contributed by atoms with E-state index in [1.54, 1.807) is 0 Å². The van der Waals surface area contributed by atoms with E-state index in [2.05, 4.69) is 159 Å². The summed E-state index contributed by atoms with van der Waals surface area (Å²) in [7, 11) is -3.04. The third kappa shape index (κ3) is 4.18. The summed E-state index contributed by atoms with van der Waals surface area (Å²) < 4.78 is 0. The number of hydrogen-bond acceptors (Lipinski definition) is 0. The van der Waals surface area contributed by atoms with Gasteiger partial charge in [-0.25, -0.2) is 0 Å². The van der Waals surface area contributed by atoms with E-state index in [9.17, 15) is 0 Å². The summed E-state index contributed by atoms with van der Waals surface area (Å²) in [6.07, 6.45) is 0. The van der Waals surface area contributed by atoms with Crippen LogP contribution >= 0.6 is 7.92 Å². The maximum atomic E-state index is 2.52. The molecule has 0 N–H and O–H groups in total. The second-order valence-corrected chi connectivity index (χ2v) is 15.9. The van der Waals surface area contributed by atoms with Gasteiger partial charge in [-0.3, -0.25) is 0 Å². The molecule has 0 heterocycles. The van der Waals surface area contributed by atoms with Crippen LogP contribution in [-0.4, -0.2) is 13.4 Å². The quantitative estimate of drug-likeness (QED) is 0.173. The molecule has 0 saturated heterocycles. The van der Waals surface area contributed by atoms with Gasteiger partial charge >= 0.3 is 0 Å². The van der Waals surface area contributed by atoms with Gasteiger partial charge in [-0.1, -0.05) is 159 Å². The van der Waals surface area contributed by atoms with Gasteiger partial charge in [0, 0.05) is 0 Å². The Balaban J connectivity index is 1.84. The van der Waals surface area contributed by atoms with Crippen molar-refractivity contribution in [2.45, 2.75) is 12.2 Å². The Hall–Kier alpha value is -3.25. The number of hydrogen-bond donors (Lipinski definition) is 0. The zero-order valence-corrected chi connectivity index (χ0v) is 21.4. The lowest BCUT2D eigenvalue weighted by Crippen LogP contribution is -2.73. The minimum atomic E-state index is -2.43. The molecule has 0 spiro atoms. The van der Waals surface area contributed by atoms with Crippen LogP contribution in [0.25, 0.3) is 0 Å². The fraction of sp³-hybridized carbons (Fsp3) is 0.0625. The molecule has 0 aliphatic carbocycles. The Morgan fingerprint density at radius 2 is 0.676 bits per heavy atom. The lowest BCUT2D eigenvalue weighted by Gasteiger charge is -2.43. The van der Waals surface area contributed by atoms with Gasteiger partial charge in [0.15, 0.2) is 8.07 Å². The molecule has 0 radical (unpaired) electrons. The van der Waals surface area contributed by atoms with Crippen molar-refractivity contribution in [3.8, 4) is 0 Å². The zero-order chi connectivity index (χ0) is 23.2. The Labute approximate surface area is 205 Å². The molecule has 34 heavy (non-hydrogen) atoms. The highest BCUT2D eigenvalue weighted by molar-refractivity contribution is 7.76. The first-order valence-corrected chi connectivity index (χ1v) is 15.4. The van der Waals surface area contributed by atoms with Crippen LogP contribution in [0.4, 0.5) is 0 Å². The van der Waals surface area contributed by atoms with Crippen LogP contribution in [0.1, 0.15) is 6.92 Å². The van der Waals surface area contributed by atoms with Crippen LogP contribution in [0.15, 0.2) is 152 Å². The molecule has 2 heteroatoms. The Bertz CT molecular complexity index is 1150. The van der Waals surface area contributed by atoms with Gasteiger partial charge in [0.25, 0.3) is 0 Å². The third-order valence-electron chi connectivity index (χ3n) is 6.77. The van der Waals surface area contributed by atoms with Gasteiger partial charge in [-0.05, 0) is 39.4 Å². The van der Waals surface area contributed by atoms with Crippen LogP contribution in [0, 0.1) is 0 Å². The van der Waals surface area contributed by atoms with E-state index in [-0.39, 0.29) is 0 Å². The second-order valence-electron chi connectivity index (χ2n) is 8.62. The molecule has 1 unspecified atom stereocenters. The number of benzene rings is 5. The average Bonchev–Trinajstić information content (AvgIpc) is 2.92. The molecule has 0 aliphatic rings. The molecule has 5 aromatic carbocycles. The van der Waals surface area contributed by atoms with E-state index in [0.29, 0.717) is 5.28 Å². The molecule has 0 aliphatic heterocycles. The van der Waals surface area contributed by atoms with Gasteiger partial charge in [-0.15, -0.1) is 0 Å². The van der Waals surface area contributed by atoms with Crippen molar-refractivity contribution in [1.82, 2.24) is 0 Å². The maximum Gasteiger partial charge on any atom is 0.155 e. The largest absolute Gasteiger partial charge is 0.155 e. The van der Waals surface area contributed by atoms with Crippen molar-refractivity contribution in [2.75, 3.05) is 0 Å². The van der Waals surface area contributed by atoms with Crippen LogP contribution < -0.4 is 26.2 Å². The van der Waals surface area contributed by atoms with Crippen LogP contribution in [-0.2, 0) is 0 Å². The zero-order valence-electron chi connectivity index (χ0n) is 19.5. The first-order valence-electron chi connectivity index (χ1n) is 11.9. The molecule has 0 fully saturated rings. The lowest BCUT2D eigenvalue weighted by molar-refractivity contribution is 1.32. The van der Waals surface area contributed by atoms with E-state index in [4.69, 9.17) is 0 Å². The molecule has 0 bridgehead atoms. The predicted octanol–water partition coefficient (Wildman–Crippen LogP) is 5.22. The maximum absolute atomic E-state index is 2.52. The minimum absolute atomic E-state index is 0.430. The molecule has 5 aromatic rings. The SMILES string of the molecule is CC(P(c1ccccc1)c1ccccc1)[Si](c1ccccc1)(c1ccccc1)c1ccccc1. The predicted molar refractivity (Wildman–Crippen MR) is 153 cm³/mol. The van der Waals surface area contributed by atoms with E-state index in [1.165, 1.54) is 26.2 Å². The van der Waals surface area contributed by atoms with Crippen LogP contribution in [0.5, 0.6) is 0 Å². The molecule has 0 amide bonds. The van der Waals surface area contributed by atoms with Gasteiger partial charge in [-0.2, -0.15) is 0 Å². The highest BCUT2D eigenvalue weighted by atomic mass is 31.1. The fourth-order valence-corrected chi connectivity index (χ4v) is 15.9. The van der Waals surface area contributed by atoms with Crippen LogP contribution in [0.3, 0.4) is 0 Å². The molecular weight excluding hydrogens is 443 g/mol. The second kappa shape index (κ2) is 10.3.